The van der Waals surface area contributed by atoms with Gasteiger partial charge in [-0.05, 0) is 129 Å². The number of rotatable bonds is 17. The third-order valence-electron chi connectivity index (χ3n) is 10.3. The van der Waals surface area contributed by atoms with Crippen molar-refractivity contribution in [1.29, 1.82) is 0 Å². The average molecular weight is 651 g/mol. The van der Waals surface area contributed by atoms with Gasteiger partial charge in [0.1, 0.15) is 0 Å². The van der Waals surface area contributed by atoms with E-state index in [2.05, 4.69) is 167 Å². The number of anilines is 4. The standard InChI is InChI=1S/C47H58N2/c1-7-10-11-13-16-41-26-32-46(38(6)35-41)49(43-17-14-12-15-18-43)44-29-24-40(25-30-44)21-20-39-22-27-42(28-23-39)47(9-3,33-8-2)48-45-31-19-36(4)34-37(45)5/h12,14-15,17-19,22-32,34-35,48H,7-11,13,16,20-21,33H2,1-6H3. The van der Waals surface area contributed by atoms with Crippen molar-refractivity contribution < 1.29 is 0 Å². The first-order valence-electron chi connectivity index (χ1n) is 18.8. The molecule has 1 atom stereocenters. The van der Waals surface area contributed by atoms with Crippen molar-refractivity contribution in [2.45, 2.75) is 111 Å². The number of hydrogen-bond acceptors (Lipinski definition) is 2. The first-order chi connectivity index (χ1) is 23.9. The monoisotopic (exact) mass is 650 g/mol. The van der Waals surface area contributed by atoms with Crippen LogP contribution in [0, 0.1) is 20.8 Å². The SMILES string of the molecule is CCCCCCc1ccc(N(c2ccccc2)c2ccc(CCc3ccc(C(CC)(CCC)Nc4ccc(C)cc4C)cc3)cc2)c(C)c1. The summed E-state index contributed by atoms with van der Waals surface area (Å²) in [6, 6.07) is 43.2. The highest BCUT2D eigenvalue weighted by atomic mass is 15.1. The minimum Gasteiger partial charge on any atom is -0.375 e. The summed E-state index contributed by atoms with van der Waals surface area (Å²) in [5.41, 5.74) is 14.3. The molecule has 0 radical (unpaired) electrons. The van der Waals surface area contributed by atoms with Crippen LogP contribution in [-0.4, -0.2) is 0 Å². The van der Waals surface area contributed by atoms with Gasteiger partial charge in [-0.15, -0.1) is 0 Å². The Morgan fingerprint density at radius 3 is 1.82 bits per heavy atom. The summed E-state index contributed by atoms with van der Waals surface area (Å²) in [6.07, 6.45) is 11.7. The summed E-state index contributed by atoms with van der Waals surface area (Å²) in [6.45, 7) is 13.5. The summed E-state index contributed by atoms with van der Waals surface area (Å²) in [4.78, 5) is 2.40. The Kier molecular flexibility index (Phi) is 12.8. The summed E-state index contributed by atoms with van der Waals surface area (Å²) < 4.78 is 0. The van der Waals surface area contributed by atoms with Crippen LogP contribution in [0.3, 0.4) is 0 Å². The fraction of sp³-hybridized carbons (Fsp3) is 0.362. The second-order valence-corrected chi connectivity index (χ2v) is 14.1. The Morgan fingerprint density at radius 1 is 0.551 bits per heavy atom. The number of nitrogens with one attached hydrogen (secondary N) is 1. The van der Waals surface area contributed by atoms with E-state index >= 15 is 0 Å². The Morgan fingerprint density at radius 2 is 1.20 bits per heavy atom. The van der Waals surface area contributed by atoms with Crippen LogP contribution in [0.15, 0.2) is 115 Å². The summed E-state index contributed by atoms with van der Waals surface area (Å²) >= 11 is 0. The molecule has 0 aliphatic carbocycles. The molecule has 5 rings (SSSR count). The Bertz CT molecular complexity index is 1740. The van der Waals surface area contributed by atoms with Gasteiger partial charge >= 0.3 is 0 Å². The van der Waals surface area contributed by atoms with Gasteiger partial charge in [-0.2, -0.15) is 0 Å². The molecule has 5 aromatic carbocycles. The Balaban J connectivity index is 1.29. The zero-order valence-corrected chi connectivity index (χ0v) is 31.0. The second-order valence-electron chi connectivity index (χ2n) is 14.1. The zero-order valence-electron chi connectivity index (χ0n) is 31.0. The van der Waals surface area contributed by atoms with Gasteiger partial charge in [-0.3, -0.25) is 0 Å². The molecule has 256 valence electrons. The second kappa shape index (κ2) is 17.4. The molecule has 0 aliphatic rings. The first-order valence-corrected chi connectivity index (χ1v) is 18.8. The smallest absolute Gasteiger partial charge is 0.0622 e. The number of nitrogens with zero attached hydrogens (tertiary/aromatic N) is 1. The first kappa shape index (κ1) is 36.0. The molecular formula is C47H58N2. The lowest BCUT2D eigenvalue weighted by atomic mass is 9.82. The largest absolute Gasteiger partial charge is 0.375 e. The van der Waals surface area contributed by atoms with E-state index in [0.29, 0.717) is 0 Å². The van der Waals surface area contributed by atoms with Gasteiger partial charge in [0.05, 0.1) is 5.54 Å². The summed E-state index contributed by atoms with van der Waals surface area (Å²) in [5.74, 6) is 0. The number of benzene rings is 5. The van der Waals surface area contributed by atoms with E-state index in [1.165, 1.54) is 87.4 Å². The van der Waals surface area contributed by atoms with Crippen LogP contribution in [0.25, 0.3) is 0 Å². The van der Waals surface area contributed by atoms with E-state index in [1.807, 2.05) is 0 Å². The predicted molar refractivity (Wildman–Crippen MR) is 214 cm³/mol. The van der Waals surface area contributed by atoms with Crippen molar-refractivity contribution >= 4 is 22.7 Å². The molecule has 0 aromatic heterocycles. The molecule has 2 nitrogen and oxygen atoms in total. The van der Waals surface area contributed by atoms with Gasteiger partial charge in [0.15, 0.2) is 0 Å². The van der Waals surface area contributed by atoms with Crippen molar-refractivity contribution in [3.8, 4) is 0 Å². The lowest BCUT2D eigenvalue weighted by Crippen LogP contribution is -2.35. The van der Waals surface area contributed by atoms with Crippen LogP contribution in [0.5, 0.6) is 0 Å². The molecule has 0 saturated carbocycles. The fourth-order valence-electron chi connectivity index (χ4n) is 7.36. The van der Waals surface area contributed by atoms with Crippen LogP contribution in [-0.2, 0) is 24.8 Å². The molecule has 1 unspecified atom stereocenters. The molecule has 0 heterocycles. The van der Waals surface area contributed by atoms with E-state index in [0.717, 1.165) is 38.5 Å². The van der Waals surface area contributed by atoms with Gasteiger partial charge in [0, 0.05) is 22.7 Å². The fourth-order valence-corrected chi connectivity index (χ4v) is 7.36. The van der Waals surface area contributed by atoms with E-state index in [4.69, 9.17) is 0 Å². The van der Waals surface area contributed by atoms with Crippen LogP contribution in [0.1, 0.15) is 105 Å². The third-order valence-corrected chi connectivity index (χ3v) is 10.3. The van der Waals surface area contributed by atoms with E-state index in [9.17, 15) is 0 Å². The Hall–Kier alpha value is -4.30. The topological polar surface area (TPSA) is 15.3 Å². The van der Waals surface area contributed by atoms with Crippen LogP contribution < -0.4 is 10.2 Å². The van der Waals surface area contributed by atoms with Gasteiger partial charge in [0.2, 0.25) is 0 Å². The molecule has 0 saturated heterocycles. The molecule has 0 aliphatic heterocycles. The molecule has 49 heavy (non-hydrogen) atoms. The maximum absolute atomic E-state index is 3.98. The molecule has 0 bridgehead atoms. The van der Waals surface area contributed by atoms with Crippen LogP contribution in [0.4, 0.5) is 22.7 Å². The van der Waals surface area contributed by atoms with E-state index < -0.39 is 0 Å². The number of para-hydroxylation sites is 1. The highest BCUT2D eigenvalue weighted by molar-refractivity contribution is 5.78. The van der Waals surface area contributed by atoms with Gasteiger partial charge in [0.25, 0.3) is 0 Å². The molecule has 5 aromatic rings. The van der Waals surface area contributed by atoms with Gasteiger partial charge in [-0.1, -0.05) is 131 Å². The average Bonchev–Trinajstić information content (AvgIpc) is 3.12. The zero-order chi connectivity index (χ0) is 34.6. The van der Waals surface area contributed by atoms with Crippen molar-refractivity contribution in [1.82, 2.24) is 0 Å². The number of unbranched alkanes of at least 4 members (excludes halogenated alkanes) is 3. The van der Waals surface area contributed by atoms with Crippen molar-refractivity contribution in [2.24, 2.45) is 0 Å². The quantitative estimate of drug-likeness (QED) is 0.101. The summed E-state index contributed by atoms with van der Waals surface area (Å²) in [7, 11) is 0. The van der Waals surface area contributed by atoms with Gasteiger partial charge in [-0.25, -0.2) is 0 Å². The van der Waals surface area contributed by atoms with Crippen molar-refractivity contribution in [2.75, 3.05) is 10.2 Å². The van der Waals surface area contributed by atoms with Gasteiger partial charge < -0.3 is 10.2 Å². The van der Waals surface area contributed by atoms with Crippen LogP contribution >= 0.6 is 0 Å². The summed E-state index contributed by atoms with van der Waals surface area (Å²) in [5, 5.41) is 3.98. The minimum absolute atomic E-state index is 0.0684. The maximum Gasteiger partial charge on any atom is 0.0622 e. The molecule has 0 spiro atoms. The van der Waals surface area contributed by atoms with Crippen molar-refractivity contribution in [3.05, 3.63) is 154 Å². The highest BCUT2D eigenvalue weighted by Crippen LogP contribution is 2.38. The minimum atomic E-state index is -0.0684. The number of hydrogen-bond donors (Lipinski definition) is 1. The van der Waals surface area contributed by atoms with Crippen LogP contribution in [0.2, 0.25) is 0 Å². The van der Waals surface area contributed by atoms with E-state index in [-0.39, 0.29) is 5.54 Å². The normalized spacial score (nSPS) is 12.4. The molecule has 1 N–H and O–H groups in total. The molecule has 2 heteroatoms. The van der Waals surface area contributed by atoms with Crippen molar-refractivity contribution in [3.63, 3.8) is 0 Å². The molecular weight excluding hydrogens is 593 g/mol. The number of aryl methyl sites for hydroxylation is 6. The maximum atomic E-state index is 3.98. The van der Waals surface area contributed by atoms with E-state index in [1.54, 1.807) is 0 Å². The lowest BCUT2D eigenvalue weighted by Gasteiger charge is -2.36. The third kappa shape index (κ3) is 9.24. The Labute approximate surface area is 297 Å². The highest BCUT2D eigenvalue weighted by Gasteiger charge is 2.29. The predicted octanol–water partition coefficient (Wildman–Crippen LogP) is 13.5. The molecule has 0 amide bonds. The lowest BCUT2D eigenvalue weighted by molar-refractivity contribution is 0.428. The molecule has 0 fully saturated rings.